The lowest BCUT2D eigenvalue weighted by molar-refractivity contribution is 0.0983. The third-order valence-corrected chi connectivity index (χ3v) is 9.54. The van der Waals surface area contributed by atoms with Gasteiger partial charge in [-0.05, 0) is 32.6 Å². The number of ether oxygens (including phenoxy) is 1. The molecule has 3 aliphatic rings. The normalized spacial score (nSPS) is 25.9. The molecule has 3 atom stereocenters. The smallest absolute Gasteiger partial charge is 0.282 e. The second kappa shape index (κ2) is 9.26. The van der Waals surface area contributed by atoms with Gasteiger partial charge in [-0.3, -0.25) is 0 Å². The molecule has 0 spiro atoms. The lowest BCUT2D eigenvalue weighted by Crippen LogP contribution is -2.63. The van der Waals surface area contributed by atoms with Crippen LogP contribution in [0.15, 0.2) is 12.3 Å². The second-order valence-corrected chi connectivity index (χ2v) is 12.1. The van der Waals surface area contributed by atoms with Crippen molar-refractivity contribution < 1.29 is 13.2 Å². The Labute approximate surface area is 203 Å². The van der Waals surface area contributed by atoms with Crippen LogP contribution in [-0.4, -0.2) is 70.3 Å². The van der Waals surface area contributed by atoms with Crippen LogP contribution >= 0.6 is 11.3 Å². The molecule has 0 aromatic carbocycles. The van der Waals surface area contributed by atoms with E-state index in [9.17, 15) is 8.42 Å². The van der Waals surface area contributed by atoms with Crippen LogP contribution in [0.25, 0.3) is 0 Å². The molecule has 3 fully saturated rings. The molecule has 3 saturated heterocycles. The Kier molecular flexibility index (Phi) is 6.32. The average molecular weight is 505 g/mol. The lowest BCUT2D eigenvalue weighted by atomic mass is 9.84. The molecule has 5 rings (SSSR count). The number of nitriles is 1. The van der Waals surface area contributed by atoms with Crippen LogP contribution in [0.2, 0.25) is 0 Å². The van der Waals surface area contributed by atoms with Gasteiger partial charge in [-0.15, -0.1) is 11.3 Å². The Morgan fingerprint density at radius 2 is 1.97 bits per heavy atom. The van der Waals surface area contributed by atoms with Crippen molar-refractivity contribution >= 4 is 38.4 Å². The number of nitrogens with zero attached hydrogens (tertiary/aromatic N) is 6. The fourth-order valence-electron chi connectivity index (χ4n) is 5.04. The Morgan fingerprint density at radius 3 is 2.59 bits per heavy atom. The lowest BCUT2D eigenvalue weighted by Gasteiger charge is -2.50. The minimum Gasteiger partial charge on any atom is -0.481 e. The van der Waals surface area contributed by atoms with Gasteiger partial charge in [-0.2, -0.15) is 32.3 Å². The molecule has 0 radical (unpaired) electrons. The standard InChI is InChI=1S/C21H28N8O3S2/c1-13-10-23-21(33-13)26-18-8-19(32-2)27-20(25-18)24-15-6-16-4-3-5-17(7-15)29(16)34(30,31)28-11-14(9-22)12-28/h8,10,14-17H,3-7,11-12H2,1-2H3,(H2,23,24,25,26,27)/t15?,16-,17+. The zero-order chi connectivity index (χ0) is 23.9. The summed E-state index contributed by atoms with van der Waals surface area (Å²) < 4.78 is 35.1. The molecule has 2 aromatic heterocycles. The van der Waals surface area contributed by atoms with Crippen LogP contribution in [-0.2, 0) is 10.2 Å². The van der Waals surface area contributed by atoms with Crippen molar-refractivity contribution in [3.05, 3.63) is 17.1 Å². The molecule has 2 N–H and O–H groups in total. The predicted molar refractivity (Wildman–Crippen MR) is 128 cm³/mol. The maximum atomic E-state index is 13.3. The maximum absolute atomic E-state index is 13.3. The number of hydrogen-bond donors (Lipinski definition) is 2. The highest BCUT2D eigenvalue weighted by molar-refractivity contribution is 7.86. The molecular weight excluding hydrogens is 476 g/mol. The summed E-state index contributed by atoms with van der Waals surface area (Å²) in [6.07, 6.45) is 5.84. The first-order valence-electron chi connectivity index (χ1n) is 11.4. The van der Waals surface area contributed by atoms with E-state index in [1.807, 2.05) is 6.92 Å². The second-order valence-electron chi connectivity index (χ2n) is 9.05. The van der Waals surface area contributed by atoms with E-state index in [1.54, 1.807) is 23.7 Å². The number of anilines is 3. The summed E-state index contributed by atoms with van der Waals surface area (Å²) in [4.78, 5) is 14.5. The number of methoxy groups -OCH3 is 1. The van der Waals surface area contributed by atoms with E-state index in [0.717, 1.165) is 29.3 Å². The van der Waals surface area contributed by atoms with E-state index in [-0.39, 0.29) is 24.0 Å². The summed E-state index contributed by atoms with van der Waals surface area (Å²) in [6.45, 7) is 2.58. The molecule has 13 heteroatoms. The number of hydrogen-bond acceptors (Lipinski definition) is 10. The van der Waals surface area contributed by atoms with Crippen LogP contribution in [0.5, 0.6) is 5.88 Å². The molecule has 0 aliphatic carbocycles. The van der Waals surface area contributed by atoms with Gasteiger partial charge in [0, 0.05) is 48.4 Å². The highest BCUT2D eigenvalue weighted by Crippen LogP contribution is 2.39. The molecule has 11 nitrogen and oxygen atoms in total. The van der Waals surface area contributed by atoms with Gasteiger partial charge in [-0.25, -0.2) is 4.98 Å². The topological polar surface area (TPSA) is 136 Å². The highest BCUT2D eigenvalue weighted by atomic mass is 32.2. The minimum absolute atomic E-state index is 0.0482. The largest absolute Gasteiger partial charge is 0.481 e. The molecule has 182 valence electrons. The summed E-state index contributed by atoms with van der Waals surface area (Å²) in [5.41, 5.74) is 0. The molecule has 0 amide bonds. The third kappa shape index (κ3) is 4.55. The van der Waals surface area contributed by atoms with E-state index in [1.165, 1.54) is 15.6 Å². The van der Waals surface area contributed by atoms with Gasteiger partial charge < -0.3 is 15.4 Å². The summed E-state index contributed by atoms with van der Waals surface area (Å²) in [5.74, 6) is 1.25. The van der Waals surface area contributed by atoms with Gasteiger partial charge in [0.15, 0.2) is 5.13 Å². The SMILES string of the molecule is COc1cc(Nc2ncc(C)s2)nc(NC2C[C@H]3CCC[C@@H](C2)N3S(=O)(=O)N2CC(C#N)C2)n1. The number of aromatic nitrogens is 3. The number of piperidine rings is 2. The van der Waals surface area contributed by atoms with Gasteiger partial charge in [0.2, 0.25) is 11.8 Å². The number of thiazole rings is 1. The molecule has 34 heavy (non-hydrogen) atoms. The van der Waals surface area contributed by atoms with E-state index in [2.05, 4.69) is 31.7 Å². The monoisotopic (exact) mass is 504 g/mol. The first-order chi connectivity index (χ1) is 16.4. The summed E-state index contributed by atoms with van der Waals surface area (Å²) in [7, 11) is -1.99. The fraction of sp³-hybridized carbons (Fsp3) is 0.619. The average Bonchev–Trinajstić information content (AvgIpc) is 3.16. The van der Waals surface area contributed by atoms with Crippen LogP contribution in [0.4, 0.5) is 16.9 Å². The fourth-order valence-corrected chi connectivity index (χ4v) is 7.85. The van der Waals surface area contributed by atoms with Crippen molar-refractivity contribution in [2.45, 2.75) is 57.2 Å². The Bertz CT molecular complexity index is 1180. The van der Waals surface area contributed by atoms with Crippen molar-refractivity contribution in [2.75, 3.05) is 30.8 Å². The molecule has 2 aromatic rings. The minimum atomic E-state index is -3.55. The van der Waals surface area contributed by atoms with Gasteiger partial charge >= 0.3 is 0 Å². The van der Waals surface area contributed by atoms with Gasteiger partial charge in [0.25, 0.3) is 10.2 Å². The summed E-state index contributed by atoms with van der Waals surface area (Å²) >= 11 is 1.53. The molecule has 2 bridgehead atoms. The summed E-state index contributed by atoms with van der Waals surface area (Å²) in [6, 6.07) is 3.77. The van der Waals surface area contributed by atoms with Crippen molar-refractivity contribution in [1.82, 2.24) is 23.6 Å². The van der Waals surface area contributed by atoms with Crippen molar-refractivity contribution in [3.8, 4) is 11.9 Å². The van der Waals surface area contributed by atoms with Crippen LogP contribution < -0.4 is 15.4 Å². The van der Waals surface area contributed by atoms with E-state index in [0.29, 0.717) is 43.6 Å². The number of nitrogens with one attached hydrogen (secondary N) is 2. The zero-order valence-electron chi connectivity index (χ0n) is 19.1. The highest BCUT2D eigenvalue weighted by Gasteiger charge is 2.49. The van der Waals surface area contributed by atoms with Crippen molar-refractivity contribution in [2.24, 2.45) is 5.92 Å². The third-order valence-electron chi connectivity index (χ3n) is 6.63. The number of rotatable bonds is 7. The molecule has 0 saturated carbocycles. The molecule has 5 heterocycles. The first kappa shape index (κ1) is 23.2. The van der Waals surface area contributed by atoms with Crippen LogP contribution in [0.1, 0.15) is 37.0 Å². The van der Waals surface area contributed by atoms with Crippen LogP contribution in [0.3, 0.4) is 0 Å². The number of aryl methyl sites for hydroxylation is 1. The molecule has 1 unspecified atom stereocenters. The van der Waals surface area contributed by atoms with Crippen molar-refractivity contribution in [3.63, 3.8) is 0 Å². The summed E-state index contributed by atoms with van der Waals surface area (Å²) in [5, 5.41) is 16.4. The van der Waals surface area contributed by atoms with E-state index >= 15 is 0 Å². The van der Waals surface area contributed by atoms with Crippen molar-refractivity contribution in [1.29, 1.82) is 5.26 Å². The number of fused-ring (bicyclic) bond motifs is 2. The van der Waals surface area contributed by atoms with Gasteiger partial charge in [-0.1, -0.05) is 6.42 Å². The predicted octanol–water partition coefficient (Wildman–Crippen LogP) is 2.49. The van der Waals surface area contributed by atoms with Gasteiger partial charge in [0.1, 0.15) is 5.82 Å². The quantitative estimate of drug-likeness (QED) is 0.583. The van der Waals surface area contributed by atoms with Crippen LogP contribution in [0, 0.1) is 24.2 Å². The van der Waals surface area contributed by atoms with E-state index in [4.69, 9.17) is 10.00 Å². The maximum Gasteiger partial charge on any atom is 0.282 e. The molecule has 3 aliphatic heterocycles. The van der Waals surface area contributed by atoms with E-state index < -0.39 is 10.2 Å². The Balaban J connectivity index is 1.30. The Morgan fingerprint density at radius 1 is 1.24 bits per heavy atom. The first-order valence-corrected chi connectivity index (χ1v) is 13.6. The molecular formula is C21H28N8O3S2. The van der Waals surface area contributed by atoms with Gasteiger partial charge in [0.05, 0.1) is 19.1 Å². The zero-order valence-corrected chi connectivity index (χ0v) is 20.8. The Hall–Kier alpha value is -2.53.